The van der Waals surface area contributed by atoms with Crippen LogP contribution in [0.5, 0.6) is 0 Å². The zero-order chi connectivity index (χ0) is 17.8. The van der Waals surface area contributed by atoms with Crippen LogP contribution in [0.15, 0.2) is 29.4 Å². The van der Waals surface area contributed by atoms with Gasteiger partial charge in [-0.05, 0) is 31.2 Å². The van der Waals surface area contributed by atoms with Gasteiger partial charge in [-0.1, -0.05) is 29.4 Å². The minimum atomic E-state index is -0.570. The zero-order valence-electron chi connectivity index (χ0n) is 14.3. The predicted molar refractivity (Wildman–Crippen MR) is 93.3 cm³/mol. The number of carbonyl (C=O) groups excluding carboxylic acids is 2. The van der Waals surface area contributed by atoms with Gasteiger partial charge < -0.3 is 14.5 Å². The topological polar surface area (TPSA) is 63.3 Å². The Balaban J connectivity index is 1.53. The monoisotopic (exact) mass is 339 g/mol. The number of carbonyl (C=O) groups is 2. The van der Waals surface area contributed by atoms with Crippen molar-refractivity contribution in [2.45, 2.75) is 38.7 Å². The Hall–Kier alpha value is -2.68. The van der Waals surface area contributed by atoms with E-state index in [4.69, 9.17) is 11.4 Å². The van der Waals surface area contributed by atoms with Crippen LogP contribution in [-0.2, 0) is 14.4 Å². The van der Waals surface area contributed by atoms with Gasteiger partial charge in [-0.25, -0.2) is 4.85 Å². The molecule has 1 unspecified atom stereocenters. The lowest BCUT2D eigenvalue weighted by molar-refractivity contribution is -0.143. The molecule has 1 fully saturated rings. The maximum Gasteiger partial charge on any atom is 0.266 e. The van der Waals surface area contributed by atoms with Gasteiger partial charge in [0, 0.05) is 25.9 Å². The third-order valence-corrected chi connectivity index (χ3v) is 4.78. The number of benzene rings is 1. The minimum absolute atomic E-state index is 0.0298. The van der Waals surface area contributed by atoms with E-state index in [-0.39, 0.29) is 11.7 Å². The Labute approximate surface area is 147 Å². The highest BCUT2D eigenvalue weighted by Gasteiger charge is 2.34. The normalized spacial score (nSPS) is 20.6. The fraction of sp³-hybridized carbons (Fsp3) is 0.474. The van der Waals surface area contributed by atoms with Gasteiger partial charge in [0.15, 0.2) is 5.69 Å². The summed E-state index contributed by atoms with van der Waals surface area (Å²) in [7, 11) is 0. The van der Waals surface area contributed by atoms with Crippen LogP contribution in [0.3, 0.4) is 0 Å². The minimum Gasteiger partial charge on any atom is -0.382 e. The molecule has 6 heteroatoms. The maximum absolute atomic E-state index is 12.6. The molecule has 0 radical (unpaired) electrons. The molecule has 1 atom stereocenters. The van der Waals surface area contributed by atoms with Crippen LogP contribution in [0.1, 0.15) is 38.2 Å². The highest BCUT2D eigenvalue weighted by molar-refractivity contribution is 6.04. The Bertz CT molecular complexity index is 725. The van der Waals surface area contributed by atoms with E-state index in [0.717, 1.165) is 24.1 Å². The van der Waals surface area contributed by atoms with Crippen LogP contribution in [0, 0.1) is 12.5 Å². The molecule has 0 spiro atoms. The molecule has 130 valence electrons. The van der Waals surface area contributed by atoms with E-state index in [1.165, 1.54) is 0 Å². The van der Waals surface area contributed by atoms with Gasteiger partial charge in [0.2, 0.25) is 6.10 Å². The Kier molecular flexibility index (Phi) is 5.13. The van der Waals surface area contributed by atoms with Gasteiger partial charge in [-0.3, -0.25) is 4.79 Å². The average Bonchev–Trinajstić information content (AvgIpc) is 3.11. The SMILES string of the molecule is [C-]#[N+]c1ccc(C2=NOC(C(=O)N3CCC(CC(C)=O)CC3)C2)cc1. The van der Waals surface area contributed by atoms with Crippen LogP contribution < -0.4 is 0 Å². The molecule has 2 heterocycles. The number of amides is 1. The van der Waals surface area contributed by atoms with E-state index >= 15 is 0 Å². The van der Waals surface area contributed by atoms with E-state index in [9.17, 15) is 9.59 Å². The number of hydrogen-bond acceptors (Lipinski definition) is 4. The van der Waals surface area contributed by atoms with Crippen molar-refractivity contribution < 1.29 is 14.4 Å². The number of hydrogen-bond donors (Lipinski definition) is 0. The molecule has 3 rings (SSSR count). The molecule has 6 nitrogen and oxygen atoms in total. The molecule has 0 aromatic heterocycles. The number of likely N-dealkylation sites (tertiary alicyclic amines) is 1. The molecule has 2 aliphatic heterocycles. The summed E-state index contributed by atoms with van der Waals surface area (Å²) in [5, 5.41) is 4.06. The van der Waals surface area contributed by atoms with Gasteiger partial charge in [0.25, 0.3) is 5.91 Å². The Morgan fingerprint density at radius 1 is 1.28 bits per heavy atom. The molecule has 1 amide bonds. The van der Waals surface area contributed by atoms with E-state index in [1.54, 1.807) is 19.1 Å². The molecule has 25 heavy (non-hydrogen) atoms. The molecule has 1 saturated heterocycles. The number of rotatable bonds is 4. The van der Waals surface area contributed by atoms with Crippen molar-refractivity contribution in [2.24, 2.45) is 11.1 Å². The number of oxime groups is 1. The van der Waals surface area contributed by atoms with E-state index in [0.29, 0.717) is 37.5 Å². The lowest BCUT2D eigenvalue weighted by atomic mass is 9.91. The highest BCUT2D eigenvalue weighted by atomic mass is 16.6. The van der Waals surface area contributed by atoms with Crippen LogP contribution >= 0.6 is 0 Å². The standard InChI is InChI=1S/C19H21N3O3/c1-13(23)11-14-7-9-22(10-8-14)19(24)18-12-17(21-25-18)15-3-5-16(20-2)6-4-15/h3-6,14,18H,7-12H2,1H3. The summed E-state index contributed by atoms with van der Waals surface area (Å²) < 4.78 is 0. The summed E-state index contributed by atoms with van der Waals surface area (Å²) in [5.41, 5.74) is 2.19. The predicted octanol–water partition coefficient (Wildman–Crippen LogP) is 2.95. The molecule has 0 bridgehead atoms. The number of Topliss-reactive ketones (excluding diaryl/α,β-unsaturated/α-hetero) is 1. The first kappa shape index (κ1) is 17.2. The van der Waals surface area contributed by atoms with E-state index in [1.807, 2.05) is 17.0 Å². The van der Waals surface area contributed by atoms with Gasteiger partial charge in [0.1, 0.15) is 5.78 Å². The molecule has 0 saturated carbocycles. The third kappa shape index (κ3) is 4.05. The number of nitrogens with zero attached hydrogens (tertiary/aromatic N) is 3. The average molecular weight is 339 g/mol. The number of ketones is 1. The quantitative estimate of drug-likeness (QED) is 0.792. The van der Waals surface area contributed by atoms with Crippen LogP contribution in [0.25, 0.3) is 4.85 Å². The lowest BCUT2D eigenvalue weighted by Crippen LogP contribution is -2.44. The summed E-state index contributed by atoms with van der Waals surface area (Å²) in [6.07, 6.45) is 2.22. The molecule has 1 aromatic rings. The van der Waals surface area contributed by atoms with Crippen molar-refractivity contribution in [3.05, 3.63) is 41.2 Å². The molecule has 0 aliphatic carbocycles. The first-order valence-corrected chi connectivity index (χ1v) is 8.55. The second kappa shape index (κ2) is 7.47. The summed E-state index contributed by atoms with van der Waals surface area (Å²) in [6, 6.07) is 7.13. The van der Waals surface area contributed by atoms with Crippen molar-refractivity contribution >= 4 is 23.1 Å². The zero-order valence-corrected chi connectivity index (χ0v) is 14.3. The largest absolute Gasteiger partial charge is 0.382 e. The first-order valence-electron chi connectivity index (χ1n) is 8.55. The Morgan fingerprint density at radius 3 is 2.56 bits per heavy atom. The smallest absolute Gasteiger partial charge is 0.266 e. The summed E-state index contributed by atoms with van der Waals surface area (Å²) in [4.78, 5) is 34.4. The second-order valence-electron chi connectivity index (χ2n) is 6.67. The fourth-order valence-electron chi connectivity index (χ4n) is 3.38. The fourth-order valence-corrected chi connectivity index (χ4v) is 3.38. The molecular formula is C19H21N3O3. The van der Waals surface area contributed by atoms with Gasteiger partial charge >= 0.3 is 0 Å². The van der Waals surface area contributed by atoms with Crippen molar-refractivity contribution in [1.29, 1.82) is 0 Å². The molecule has 2 aliphatic rings. The molecule has 1 aromatic carbocycles. The summed E-state index contributed by atoms with van der Waals surface area (Å²) >= 11 is 0. The number of piperidine rings is 1. The van der Waals surface area contributed by atoms with Crippen LogP contribution in [0.4, 0.5) is 5.69 Å². The van der Waals surface area contributed by atoms with E-state index in [2.05, 4.69) is 10.0 Å². The maximum atomic E-state index is 12.6. The van der Waals surface area contributed by atoms with Gasteiger partial charge in [-0.2, -0.15) is 0 Å². The van der Waals surface area contributed by atoms with Crippen molar-refractivity contribution in [3.63, 3.8) is 0 Å². The molecule has 0 N–H and O–H groups in total. The Morgan fingerprint density at radius 2 is 1.96 bits per heavy atom. The van der Waals surface area contributed by atoms with Crippen LogP contribution in [-0.4, -0.2) is 41.5 Å². The van der Waals surface area contributed by atoms with Crippen molar-refractivity contribution in [1.82, 2.24) is 4.90 Å². The van der Waals surface area contributed by atoms with Crippen LogP contribution in [0.2, 0.25) is 0 Å². The lowest BCUT2D eigenvalue weighted by Gasteiger charge is -2.32. The van der Waals surface area contributed by atoms with Gasteiger partial charge in [-0.15, -0.1) is 0 Å². The van der Waals surface area contributed by atoms with E-state index < -0.39 is 6.10 Å². The second-order valence-corrected chi connectivity index (χ2v) is 6.67. The summed E-state index contributed by atoms with van der Waals surface area (Å²) in [6.45, 7) is 9.94. The van der Waals surface area contributed by atoms with Crippen molar-refractivity contribution in [3.8, 4) is 0 Å². The third-order valence-electron chi connectivity index (χ3n) is 4.78. The molecular weight excluding hydrogens is 318 g/mol. The highest BCUT2D eigenvalue weighted by Crippen LogP contribution is 2.25. The van der Waals surface area contributed by atoms with Gasteiger partial charge in [0.05, 0.1) is 12.3 Å². The summed E-state index contributed by atoms with van der Waals surface area (Å²) in [5.74, 6) is 0.572. The first-order chi connectivity index (χ1) is 12.1. The van der Waals surface area contributed by atoms with Crippen molar-refractivity contribution in [2.75, 3.05) is 13.1 Å².